The van der Waals surface area contributed by atoms with Gasteiger partial charge in [-0.25, -0.2) is 0 Å². The molecule has 2 fully saturated rings. The highest BCUT2D eigenvalue weighted by Crippen LogP contribution is 2.61. The number of esters is 1. The van der Waals surface area contributed by atoms with E-state index in [1.54, 1.807) is 13.8 Å². The summed E-state index contributed by atoms with van der Waals surface area (Å²) in [5, 5.41) is 9.31. The minimum atomic E-state index is -1.57. The molecule has 0 aromatic carbocycles. The fourth-order valence-electron chi connectivity index (χ4n) is 2.88. The average molecular weight is 226 g/mol. The van der Waals surface area contributed by atoms with E-state index in [0.29, 0.717) is 0 Å². The van der Waals surface area contributed by atoms with E-state index in [1.165, 1.54) is 6.92 Å². The predicted molar refractivity (Wildman–Crippen MR) is 52.6 cm³/mol. The fraction of sp³-hybridized carbons (Fsp3) is 0.727. The van der Waals surface area contributed by atoms with Crippen molar-refractivity contribution in [2.45, 2.75) is 39.2 Å². The molecule has 2 bridgehead atoms. The van der Waals surface area contributed by atoms with Crippen molar-refractivity contribution in [2.24, 2.45) is 10.8 Å². The van der Waals surface area contributed by atoms with Gasteiger partial charge in [0, 0.05) is 11.8 Å². The summed E-state index contributed by atoms with van der Waals surface area (Å²) < 4.78 is 5.10. The highest BCUT2D eigenvalue weighted by atomic mass is 16.6. The molecule has 0 amide bonds. The van der Waals surface area contributed by atoms with Crippen molar-refractivity contribution in [3.8, 4) is 0 Å². The summed E-state index contributed by atoms with van der Waals surface area (Å²) in [6, 6.07) is 0. The van der Waals surface area contributed by atoms with E-state index in [9.17, 15) is 19.5 Å². The standard InChI is InChI=1S/C11H14O5/c1-9(2)10(3)6(12)4-5-11(9,7(13)14)8(15)16-10/h4-5H2,1-3H3,(H,13,14). The van der Waals surface area contributed by atoms with Crippen LogP contribution >= 0.6 is 0 Å². The van der Waals surface area contributed by atoms with Crippen LogP contribution in [0.4, 0.5) is 0 Å². The monoisotopic (exact) mass is 226 g/mol. The van der Waals surface area contributed by atoms with Gasteiger partial charge in [0.2, 0.25) is 0 Å². The first-order valence-corrected chi connectivity index (χ1v) is 5.20. The molecule has 5 nitrogen and oxygen atoms in total. The van der Waals surface area contributed by atoms with Crippen LogP contribution in [-0.4, -0.2) is 28.4 Å². The minimum absolute atomic E-state index is 0.0303. The molecule has 5 heteroatoms. The van der Waals surface area contributed by atoms with E-state index in [-0.39, 0.29) is 18.6 Å². The first kappa shape index (κ1) is 11.1. The third kappa shape index (κ3) is 0.817. The Morgan fingerprint density at radius 2 is 1.88 bits per heavy atom. The fourth-order valence-corrected chi connectivity index (χ4v) is 2.88. The molecule has 2 rings (SSSR count). The van der Waals surface area contributed by atoms with Gasteiger partial charge in [-0.1, -0.05) is 13.8 Å². The molecule has 2 atom stereocenters. The highest BCUT2D eigenvalue weighted by molar-refractivity contribution is 6.08. The van der Waals surface area contributed by atoms with Gasteiger partial charge in [-0.2, -0.15) is 0 Å². The minimum Gasteiger partial charge on any atom is -0.480 e. The van der Waals surface area contributed by atoms with Crippen LogP contribution in [-0.2, 0) is 19.1 Å². The number of Topliss-reactive ketones (excluding diaryl/α,β-unsaturated/α-hetero) is 1. The lowest BCUT2D eigenvalue weighted by Gasteiger charge is -2.44. The summed E-state index contributed by atoms with van der Waals surface area (Å²) in [5.74, 6) is -2.17. The topological polar surface area (TPSA) is 80.7 Å². The Morgan fingerprint density at radius 3 is 2.38 bits per heavy atom. The summed E-state index contributed by atoms with van der Waals surface area (Å²) in [6.45, 7) is 4.74. The normalized spacial score (nSPS) is 40.7. The van der Waals surface area contributed by atoms with Gasteiger partial charge in [-0.3, -0.25) is 14.4 Å². The van der Waals surface area contributed by atoms with Crippen molar-refractivity contribution >= 4 is 17.7 Å². The van der Waals surface area contributed by atoms with Crippen molar-refractivity contribution in [2.75, 3.05) is 0 Å². The second-order valence-corrected chi connectivity index (χ2v) is 5.18. The van der Waals surface area contributed by atoms with E-state index in [0.717, 1.165) is 0 Å². The summed E-state index contributed by atoms with van der Waals surface area (Å²) in [4.78, 5) is 35.1. The molecular weight excluding hydrogens is 212 g/mol. The number of fused-ring (bicyclic) bond motifs is 2. The van der Waals surface area contributed by atoms with Gasteiger partial charge in [-0.05, 0) is 13.3 Å². The zero-order valence-electron chi connectivity index (χ0n) is 9.49. The van der Waals surface area contributed by atoms with Crippen LogP contribution in [0.2, 0.25) is 0 Å². The molecule has 2 aliphatic rings. The molecule has 0 aromatic heterocycles. The Balaban J connectivity index is 2.69. The highest BCUT2D eigenvalue weighted by Gasteiger charge is 2.76. The number of ketones is 1. The number of aliphatic carboxylic acids is 1. The van der Waals surface area contributed by atoms with Crippen molar-refractivity contribution in [3.05, 3.63) is 0 Å². The van der Waals surface area contributed by atoms with E-state index >= 15 is 0 Å². The van der Waals surface area contributed by atoms with Crippen LogP contribution in [0.3, 0.4) is 0 Å². The molecule has 0 aromatic rings. The lowest BCUT2D eigenvalue weighted by Crippen LogP contribution is -2.58. The second-order valence-electron chi connectivity index (χ2n) is 5.18. The SMILES string of the molecule is CC12OC(=O)C(C(=O)O)(CCC1=O)C2(C)C. The van der Waals surface area contributed by atoms with E-state index < -0.39 is 28.4 Å². The maximum atomic E-state index is 11.8. The molecule has 1 saturated heterocycles. The van der Waals surface area contributed by atoms with Crippen molar-refractivity contribution < 1.29 is 24.2 Å². The largest absolute Gasteiger partial charge is 0.480 e. The zero-order chi connectivity index (χ0) is 12.4. The molecule has 16 heavy (non-hydrogen) atoms. The van der Waals surface area contributed by atoms with Crippen LogP contribution in [0.15, 0.2) is 0 Å². The van der Waals surface area contributed by atoms with Crippen LogP contribution in [0.25, 0.3) is 0 Å². The number of ether oxygens (including phenoxy) is 1. The third-order valence-electron chi connectivity index (χ3n) is 4.53. The molecule has 1 aliphatic heterocycles. The van der Waals surface area contributed by atoms with E-state index in [4.69, 9.17) is 4.74 Å². The summed E-state index contributed by atoms with van der Waals surface area (Å²) in [7, 11) is 0. The van der Waals surface area contributed by atoms with Crippen molar-refractivity contribution in [1.29, 1.82) is 0 Å². The Bertz CT molecular complexity index is 411. The van der Waals surface area contributed by atoms with Crippen LogP contribution in [0.1, 0.15) is 33.6 Å². The molecule has 1 saturated carbocycles. The van der Waals surface area contributed by atoms with Crippen molar-refractivity contribution in [3.63, 3.8) is 0 Å². The van der Waals surface area contributed by atoms with Crippen molar-refractivity contribution in [1.82, 2.24) is 0 Å². The maximum Gasteiger partial charge on any atom is 0.325 e. The van der Waals surface area contributed by atoms with Crippen LogP contribution in [0.5, 0.6) is 0 Å². The number of carboxylic acid groups (broad SMARTS) is 1. The predicted octanol–water partition coefficient (Wildman–Crippen LogP) is 0.762. The second kappa shape index (κ2) is 2.64. The van der Waals surface area contributed by atoms with E-state index in [2.05, 4.69) is 0 Å². The first-order valence-electron chi connectivity index (χ1n) is 5.20. The summed E-state index contributed by atoms with van der Waals surface area (Å²) in [6.07, 6.45) is 0.112. The number of carboxylic acids is 1. The zero-order valence-corrected chi connectivity index (χ0v) is 9.49. The van der Waals surface area contributed by atoms with Gasteiger partial charge in [0.1, 0.15) is 0 Å². The molecule has 1 aliphatic carbocycles. The van der Waals surface area contributed by atoms with Crippen LogP contribution < -0.4 is 0 Å². The summed E-state index contributed by atoms with van der Waals surface area (Å²) >= 11 is 0. The van der Waals surface area contributed by atoms with Gasteiger partial charge in [0.15, 0.2) is 16.8 Å². The lowest BCUT2D eigenvalue weighted by molar-refractivity contribution is -0.165. The van der Waals surface area contributed by atoms with Gasteiger partial charge in [-0.15, -0.1) is 0 Å². The van der Waals surface area contributed by atoms with Gasteiger partial charge >= 0.3 is 11.9 Å². The molecule has 0 radical (unpaired) electrons. The average Bonchev–Trinajstić information content (AvgIpc) is 2.25. The first-order chi connectivity index (χ1) is 7.20. The Hall–Kier alpha value is -1.39. The molecule has 0 spiro atoms. The van der Waals surface area contributed by atoms with E-state index in [1.807, 2.05) is 0 Å². The lowest BCUT2D eigenvalue weighted by atomic mass is 9.53. The van der Waals surface area contributed by atoms with Gasteiger partial charge < -0.3 is 9.84 Å². The number of hydrogen-bond acceptors (Lipinski definition) is 4. The van der Waals surface area contributed by atoms with Gasteiger partial charge in [0.05, 0.1) is 0 Å². The number of carbonyl (C=O) groups excluding carboxylic acids is 2. The summed E-state index contributed by atoms with van der Waals surface area (Å²) in [5.41, 5.74) is -3.89. The smallest absolute Gasteiger partial charge is 0.325 e. The Labute approximate surface area is 92.8 Å². The quantitative estimate of drug-likeness (QED) is 0.527. The number of hydrogen-bond donors (Lipinski definition) is 1. The Morgan fingerprint density at radius 1 is 1.31 bits per heavy atom. The van der Waals surface area contributed by atoms with Crippen LogP contribution in [0, 0.1) is 10.8 Å². The molecule has 1 heterocycles. The molecular formula is C11H14O5. The van der Waals surface area contributed by atoms with Gasteiger partial charge in [0.25, 0.3) is 0 Å². The third-order valence-corrected chi connectivity index (χ3v) is 4.53. The Kier molecular flexibility index (Phi) is 1.84. The molecule has 2 unspecified atom stereocenters. The number of rotatable bonds is 1. The number of carbonyl (C=O) groups is 3. The molecule has 1 N–H and O–H groups in total. The maximum absolute atomic E-state index is 11.8. The molecule has 88 valence electrons.